The summed E-state index contributed by atoms with van der Waals surface area (Å²) in [6, 6.07) is 0. The summed E-state index contributed by atoms with van der Waals surface area (Å²) in [7, 11) is 0. The molecule has 0 aliphatic rings. The quantitative estimate of drug-likeness (QED) is 0.375. The monoisotopic (exact) mass is 242 g/mol. The lowest BCUT2D eigenvalue weighted by molar-refractivity contribution is 0.0557. The molecule has 0 aromatic heterocycles. The average molecular weight is 242 g/mol. The molecule has 1 nitrogen and oxygen atoms in total. The molecule has 0 saturated heterocycles. The molecule has 1 heteroatoms. The highest BCUT2D eigenvalue weighted by molar-refractivity contribution is 4.52. The highest BCUT2D eigenvalue weighted by Crippen LogP contribution is 2.10. The Kier molecular flexibility index (Phi) is 14.0. The Bertz CT molecular complexity index is 133. The standard InChI is InChI=1S/C16H34O/c1-4-6-8-10-11-12-14-16(3)17-15-13-9-7-5-2/h16H,4-15H2,1-3H3. The molecule has 0 aliphatic carbocycles. The minimum atomic E-state index is 0.475. The van der Waals surface area contributed by atoms with Crippen LogP contribution in [-0.2, 0) is 4.74 Å². The molecule has 0 saturated carbocycles. The second kappa shape index (κ2) is 14.0. The van der Waals surface area contributed by atoms with Gasteiger partial charge in [0.05, 0.1) is 6.10 Å². The van der Waals surface area contributed by atoms with E-state index >= 15 is 0 Å². The van der Waals surface area contributed by atoms with Gasteiger partial charge in [-0.2, -0.15) is 0 Å². The second-order valence-corrected chi connectivity index (χ2v) is 5.30. The molecule has 0 heterocycles. The fraction of sp³-hybridized carbons (Fsp3) is 1.00. The molecule has 1 atom stereocenters. The Balaban J connectivity index is 3.09. The summed E-state index contributed by atoms with van der Waals surface area (Å²) in [6.07, 6.45) is 15.3. The first-order chi connectivity index (χ1) is 8.31. The number of hydrogen-bond donors (Lipinski definition) is 0. The SMILES string of the molecule is CCCCCCCCC(C)OCCCCCC. The molecular weight excluding hydrogens is 208 g/mol. The van der Waals surface area contributed by atoms with Crippen LogP contribution in [0.25, 0.3) is 0 Å². The molecular formula is C16H34O. The molecule has 0 aliphatic heterocycles. The summed E-state index contributed by atoms with van der Waals surface area (Å²) >= 11 is 0. The zero-order valence-corrected chi connectivity index (χ0v) is 12.5. The van der Waals surface area contributed by atoms with E-state index in [1.165, 1.54) is 70.6 Å². The Morgan fingerprint density at radius 3 is 1.88 bits per heavy atom. The van der Waals surface area contributed by atoms with E-state index in [1.54, 1.807) is 0 Å². The summed E-state index contributed by atoms with van der Waals surface area (Å²) in [5, 5.41) is 0. The van der Waals surface area contributed by atoms with Crippen molar-refractivity contribution in [2.24, 2.45) is 0 Å². The average Bonchev–Trinajstić information content (AvgIpc) is 2.33. The van der Waals surface area contributed by atoms with Crippen molar-refractivity contribution in [3.63, 3.8) is 0 Å². The maximum atomic E-state index is 5.82. The van der Waals surface area contributed by atoms with Crippen molar-refractivity contribution in [3.05, 3.63) is 0 Å². The van der Waals surface area contributed by atoms with Crippen LogP contribution in [0.2, 0.25) is 0 Å². The van der Waals surface area contributed by atoms with E-state index in [-0.39, 0.29) is 0 Å². The number of ether oxygens (including phenoxy) is 1. The Morgan fingerprint density at radius 1 is 0.706 bits per heavy atom. The zero-order chi connectivity index (χ0) is 12.8. The van der Waals surface area contributed by atoms with Gasteiger partial charge in [0.2, 0.25) is 0 Å². The maximum Gasteiger partial charge on any atom is 0.0547 e. The van der Waals surface area contributed by atoms with Crippen LogP contribution < -0.4 is 0 Å². The lowest BCUT2D eigenvalue weighted by Gasteiger charge is -2.12. The van der Waals surface area contributed by atoms with Crippen LogP contribution in [0.1, 0.15) is 91.4 Å². The molecule has 0 rings (SSSR count). The zero-order valence-electron chi connectivity index (χ0n) is 12.5. The minimum Gasteiger partial charge on any atom is -0.379 e. The van der Waals surface area contributed by atoms with Gasteiger partial charge in [0, 0.05) is 6.61 Å². The first-order valence-electron chi connectivity index (χ1n) is 7.92. The molecule has 1 unspecified atom stereocenters. The molecule has 0 radical (unpaired) electrons. The molecule has 0 aromatic rings. The number of unbranched alkanes of at least 4 members (excludes halogenated alkanes) is 8. The van der Waals surface area contributed by atoms with Crippen molar-refractivity contribution in [2.45, 2.75) is 97.5 Å². The van der Waals surface area contributed by atoms with Crippen LogP contribution >= 0.6 is 0 Å². The van der Waals surface area contributed by atoms with Crippen LogP contribution in [0, 0.1) is 0 Å². The van der Waals surface area contributed by atoms with Gasteiger partial charge in [-0.15, -0.1) is 0 Å². The van der Waals surface area contributed by atoms with Crippen molar-refractivity contribution in [1.29, 1.82) is 0 Å². The normalized spacial score (nSPS) is 12.9. The summed E-state index contributed by atoms with van der Waals surface area (Å²) in [5.74, 6) is 0. The smallest absolute Gasteiger partial charge is 0.0547 e. The molecule has 104 valence electrons. The predicted molar refractivity (Wildman–Crippen MR) is 77.5 cm³/mol. The van der Waals surface area contributed by atoms with Crippen molar-refractivity contribution < 1.29 is 4.74 Å². The lowest BCUT2D eigenvalue weighted by Crippen LogP contribution is -2.09. The third-order valence-corrected chi connectivity index (χ3v) is 3.36. The van der Waals surface area contributed by atoms with E-state index in [4.69, 9.17) is 4.74 Å². The van der Waals surface area contributed by atoms with Gasteiger partial charge in [-0.25, -0.2) is 0 Å². The van der Waals surface area contributed by atoms with E-state index in [0.29, 0.717) is 6.10 Å². The third-order valence-electron chi connectivity index (χ3n) is 3.36. The topological polar surface area (TPSA) is 9.23 Å². The Morgan fingerprint density at radius 2 is 1.24 bits per heavy atom. The van der Waals surface area contributed by atoms with Gasteiger partial charge in [-0.3, -0.25) is 0 Å². The van der Waals surface area contributed by atoms with Crippen molar-refractivity contribution >= 4 is 0 Å². The van der Waals surface area contributed by atoms with Gasteiger partial charge in [0.1, 0.15) is 0 Å². The van der Waals surface area contributed by atoms with E-state index < -0.39 is 0 Å². The second-order valence-electron chi connectivity index (χ2n) is 5.30. The van der Waals surface area contributed by atoms with Crippen LogP contribution in [0.5, 0.6) is 0 Å². The van der Waals surface area contributed by atoms with Crippen LogP contribution in [0.4, 0.5) is 0 Å². The van der Waals surface area contributed by atoms with Gasteiger partial charge in [-0.05, 0) is 19.8 Å². The first-order valence-corrected chi connectivity index (χ1v) is 7.92. The van der Waals surface area contributed by atoms with E-state index in [0.717, 1.165) is 6.61 Å². The van der Waals surface area contributed by atoms with Crippen LogP contribution in [-0.4, -0.2) is 12.7 Å². The van der Waals surface area contributed by atoms with Gasteiger partial charge < -0.3 is 4.74 Å². The van der Waals surface area contributed by atoms with E-state index in [2.05, 4.69) is 20.8 Å². The fourth-order valence-electron chi connectivity index (χ4n) is 2.11. The third kappa shape index (κ3) is 13.9. The molecule has 0 N–H and O–H groups in total. The highest BCUT2D eigenvalue weighted by Gasteiger charge is 2.01. The van der Waals surface area contributed by atoms with Gasteiger partial charge in [0.25, 0.3) is 0 Å². The summed E-state index contributed by atoms with van der Waals surface area (Å²) in [5.41, 5.74) is 0. The lowest BCUT2D eigenvalue weighted by atomic mass is 10.1. The van der Waals surface area contributed by atoms with Crippen LogP contribution in [0.15, 0.2) is 0 Å². The fourth-order valence-corrected chi connectivity index (χ4v) is 2.11. The van der Waals surface area contributed by atoms with Gasteiger partial charge >= 0.3 is 0 Å². The predicted octanol–water partition coefficient (Wildman–Crippen LogP) is 5.72. The van der Waals surface area contributed by atoms with Crippen molar-refractivity contribution in [3.8, 4) is 0 Å². The summed E-state index contributed by atoms with van der Waals surface area (Å²) in [6.45, 7) is 7.72. The minimum absolute atomic E-state index is 0.475. The largest absolute Gasteiger partial charge is 0.379 e. The first kappa shape index (κ1) is 17.0. The molecule has 17 heavy (non-hydrogen) atoms. The summed E-state index contributed by atoms with van der Waals surface area (Å²) < 4.78 is 5.82. The Labute approximate surface area is 109 Å². The highest BCUT2D eigenvalue weighted by atomic mass is 16.5. The number of rotatable bonds is 13. The van der Waals surface area contributed by atoms with Crippen molar-refractivity contribution in [2.75, 3.05) is 6.61 Å². The van der Waals surface area contributed by atoms with E-state index in [1.807, 2.05) is 0 Å². The van der Waals surface area contributed by atoms with Gasteiger partial charge in [-0.1, -0.05) is 71.6 Å². The van der Waals surface area contributed by atoms with Crippen molar-refractivity contribution in [1.82, 2.24) is 0 Å². The Hall–Kier alpha value is -0.0400. The summed E-state index contributed by atoms with van der Waals surface area (Å²) in [4.78, 5) is 0. The molecule has 0 spiro atoms. The molecule has 0 aromatic carbocycles. The molecule has 0 amide bonds. The van der Waals surface area contributed by atoms with Crippen LogP contribution in [0.3, 0.4) is 0 Å². The van der Waals surface area contributed by atoms with E-state index in [9.17, 15) is 0 Å². The number of hydrogen-bond acceptors (Lipinski definition) is 1. The maximum absolute atomic E-state index is 5.82. The molecule has 0 fully saturated rings. The molecule has 0 bridgehead atoms. The van der Waals surface area contributed by atoms with Gasteiger partial charge in [0.15, 0.2) is 0 Å².